The zero-order valence-electron chi connectivity index (χ0n) is 12.6. The summed E-state index contributed by atoms with van der Waals surface area (Å²) in [4.78, 5) is 11.9. The summed E-state index contributed by atoms with van der Waals surface area (Å²) in [6, 6.07) is 1.10. The van der Waals surface area contributed by atoms with Gasteiger partial charge in [-0.2, -0.15) is 18.3 Å². The SMILES string of the molecule is COCCNC(=O)C(C)Cn1nc(C(F)(F)F)cc1C1CC1. The Hall–Kier alpha value is -1.57. The van der Waals surface area contributed by atoms with E-state index in [1.165, 1.54) is 11.8 Å². The van der Waals surface area contributed by atoms with Gasteiger partial charge in [-0.05, 0) is 18.9 Å². The second-order valence-corrected chi connectivity index (χ2v) is 5.59. The number of hydrogen-bond acceptors (Lipinski definition) is 3. The van der Waals surface area contributed by atoms with Crippen molar-refractivity contribution < 1.29 is 22.7 Å². The third kappa shape index (κ3) is 4.22. The fraction of sp³-hybridized carbons (Fsp3) is 0.714. The highest BCUT2D eigenvalue weighted by Crippen LogP contribution is 2.42. The number of alkyl halides is 3. The lowest BCUT2D eigenvalue weighted by molar-refractivity contribution is -0.141. The van der Waals surface area contributed by atoms with Gasteiger partial charge in [0, 0.05) is 25.3 Å². The molecule has 1 heterocycles. The molecule has 0 bridgehead atoms. The van der Waals surface area contributed by atoms with Crippen molar-refractivity contribution in [2.75, 3.05) is 20.3 Å². The Balaban J connectivity index is 2.04. The normalized spacial score (nSPS) is 16.6. The maximum atomic E-state index is 12.8. The molecule has 1 unspecified atom stereocenters. The van der Waals surface area contributed by atoms with Crippen molar-refractivity contribution in [1.82, 2.24) is 15.1 Å². The van der Waals surface area contributed by atoms with Gasteiger partial charge in [0.1, 0.15) is 0 Å². The molecule has 22 heavy (non-hydrogen) atoms. The van der Waals surface area contributed by atoms with E-state index in [9.17, 15) is 18.0 Å². The summed E-state index contributed by atoms with van der Waals surface area (Å²) in [5.41, 5.74) is -0.315. The van der Waals surface area contributed by atoms with E-state index in [0.29, 0.717) is 18.8 Å². The van der Waals surface area contributed by atoms with Gasteiger partial charge in [-0.3, -0.25) is 9.48 Å². The predicted octanol–water partition coefficient (Wildman–Crippen LogP) is 2.18. The molecule has 1 fully saturated rings. The molecule has 124 valence electrons. The highest BCUT2D eigenvalue weighted by atomic mass is 19.4. The molecule has 1 amide bonds. The lowest BCUT2D eigenvalue weighted by Crippen LogP contribution is -2.34. The number of aromatic nitrogens is 2. The van der Waals surface area contributed by atoms with E-state index in [0.717, 1.165) is 18.9 Å². The molecular formula is C14H20F3N3O2. The van der Waals surface area contributed by atoms with E-state index in [-0.39, 0.29) is 18.4 Å². The van der Waals surface area contributed by atoms with Crippen molar-refractivity contribution in [2.24, 2.45) is 5.92 Å². The highest BCUT2D eigenvalue weighted by Gasteiger charge is 2.38. The highest BCUT2D eigenvalue weighted by molar-refractivity contribution is 5.78. The smallest absolute Gasteiger partial charge is 0.383 e. The van der Waals surface area contributed by atoms with E-state index in [2.05, 4.69) is 10.4 Å². The predicted molar refractivity (Wildman–Crippen MR) is 73.3 cm³/mol. The van der Waals surface area contributed by atoms with Crippen LogP contribution in [0.5, 0.6) is 0 Å². The molecule has 1 aromatic rings. The number of rotatable bonds is 7. The van der Waals surface area contributed by atoms with Crippen molar-refractivity contribution in [1.29, 1.82) is 0 Å². The molecule has 1 aliphatic rings. The average molecular weight is 319 g/mol. The quantitative estimate of drug-likeness (QED) is 0.784. The summed E-state index contributed by atoms with van der Waals surface area (Å²) in [7, 11) is 1.53. The van der Waals surface area contributed by atoms with Gasteiger partial charge in [-0.25, -0.2) is 0 Å². The van der Waals surface area contributed by atoms with E-state index < -0.39 is 17.8 Å². The van der Waals surface area contributed by atoms with Crippen LogP contribution in [-0.4, -0.2) is 35.9 Å². The molecule has 0 saturated heterocycles. The summed E-state index contributed by atoms with van der Waals surface area (Å²) in [5.74, 6) is -0.550. The number of amides is 1. The van der Waals surface area contributed by atoms with Crippen molar-refractivity contribution >= 4 is 5.91 Å². The molecule has 0 aromatic carbocycles. The standard InChI is InChI=1S/C14H20F3N3O2/c1-9(13(21)18-5-6-22-2)8-20-11(10-3-4-10)7-12(19-20)14(15,16)17/h7,9-10H,3-6,8H2,1-2H3,(H,18,21). The van der Waals surface area contributed by atoms with Gasteiger partial charge in [-0.15, -0.1) is 0 Å². The molecule has 1 N–H and O–H groups in total. The van der Waals surface area contributed by atoms with Gasteiger partial charge >= 0.3 is 6.18 Å². The first kappa shape index (κ1) is 16.8. The monoisotopic (exact) mass is 319 g/mol. The maximum absolute atomic E-state index is 12.8. The van der Waals surface area contributed by atoms with Gasteiger partial charge in [0.15, 0.2) is 5.69 Å². The van der Waals surface area contributed by atoms with Gasteiger partial charge in [-0.1, -0.05) is 6.92 Å². The van der Waals surface area contributed by atoms with Crippen LogP contribution in [0.25, 0.3) is 0 Å². The van der Waals surface area contributed by atoms with Gasteiger partial charge in [0.05, 0.1) is 19.1 Å². The number of nitrogens with one attached hydrogen (secondary N) is 1. The Morgan fingerprint density at radius 3 is 2.77 bits per heavy atom. The number of carbonyl (C=O) groups excluding carboxylic acids is 1. The summed E-state index contributed by atoms with van der Waals surface area (Å²) in [6.07, 6.45) is -2.71. The number of methoxy groups -OCH3 is 1. The minimum absolute atomic E-state index is 0.132. The topological polar surface area (TPSA) is 56.1 Å². The summed E-state index contributed by atoms with van der Waals surface area (Å²) >= 11 is 0. The number of carbonyl (C=O) groups is 1. The molecule has 0 radical (unpaired) electrons. The third-order valence-corrected chi connectivity index (χ3v) is 3.60. The van der Waals surface area contributed by atoms with Crippen LogP contribution in [0, 0.1) is 5.92 Å². The average Bonchev–Trinajstić information content (AvgIpc) is 3.19. The molecule has 8 heteroatoms. The van der Waals surface area contributed by atoms with E-state index in [1.807, 2.05) is 0 Å². The molecule has 5 nitrogen and oxygen atoms in total. The van der Waals surface area contributed by atoms with Crippen LogP contribution < -0.4 is 5.32 Å². The zero-order valence-corrected chi connectivity index (χ0v) is 12.6. The molecule has 1 aromatic heterocycles. The second-order valence-electron chi connectivity index (χ2n) is 5.59. The largest absolute Gasteiger partial charge is 0.435 e. The summed E-state index contributed by atoms with van der Waals surface area (Å²) in [6.45, 7) is 2.59. The Morgan fingerprint density at radius 2 is 2.23 bits per heavy atom. The van der Waals surface area contributed by atoms with Gasteiger partial charge in [0.2, 0.25) is 5.91 Å². The van der Waals surface area contributed by atoms with Crippen LogP contribution in [0.3, 0.4) is 0 Å². The summed E-state index contributed by atoms with van der Waals surface area (Å²) < 4.78 is 44.6. The van der Waals surface area contributed by atoms with E-state index in [1.54, 1.807) is 6.92 Å². The molecule has 0 aliphatic heterocycles. The second kappa shape index (κ2) is 6.68. The minimum Gasteiger partial charge on any atom is -0.383 e. The van der Waals surface area contributed by atoms with Crippen molar-refractivity contribution in [3.63, 3.8) is 0 Å². The Morgan fingerprint density at radius 1 is 1.55 bits per heavy atom. The van der Waals surface area contributed by atoms with Crippen LogP contribution in [0.2, 0.25) is 0 Å². The summed E-state index contributed by atoms with van der Waals surface area (Å²) in [5, 5.41) is 6.33. The van der Waals surface area contributed by atoms with Gasteiger partial charge in [0.25, 0.3) is 0 Å². The minimum atomic E-state index is -4.46. The first-order chi connectivity index (χ1) is 10.3. The number of nitrogens with zero attached hydrogens (tertiary/aromatic N) is 2. The van der Waals surface area contributed by atoms with E-state index >= 15 is 0 Å². The van der Waals surface area contributed by atoms with Crippen LogP contribution in [0.1, 0.15) is 37.1 Å². The van der Waals surface area contributed by atoms with Gasteiger partial charge < -0.3 is 10.1 Å². The van der Waals surface area contributed by atoms with E-state index in [4.69, 9.17) is 4.74 Å². The zero-order chi connectivity index (χ0) is 16.3. The number of ether oxygens (including phenoxy) is 1. The molecule has 1 aliphatic carbocycles. The van der Waals surface area contributed by atoms with Crippen LogP contribution >= 0.6 is 0 Å². The first-order valence-electron chi connectivity index (χ1n) is 7.24. The fourth-order valence-corrected chi connectivity index (χ4v) is 2.22. The Bertz CT molecular complexity index is 524. The van der Waals surface area contributed by atoms with Crippen LogP contribution in [-0.2, 0) is 22.3 Å². The molecule has 1 saturated carbocycles. The maximum Gasteiger partial charge on any atom is 0.435 e. The van der Waals surface area contributed by atoms with Crippen LogP contribution in [0.4, 0.5) is 13.2 Å². The first-order valence-corrected chi connectivity index (χ1v) is 7.24. The lowest BCUT2D eigenvalue weighted by atomic mass is 10.1. The number of hydrogen-bond donors (Lipinski definition) is 1. The molecule has 1 atom stereocenters. The fourth-order valence-electron chi connectivity index (χ4n) is 2.22. The Kier molecular flexibility index (Phi) is 5.10. The molecular weight excluding hydrogens is 299 g/mol. The Labute approximate surface area is 126 Å². The van der Waals surface area contributed by atoms with Crippen molar-refractivity contribution in [2.45, 2.75) is 38.4 Å². The lowest BCUT2D eigenvalue weighted by Gasteiger charge is -2.14. The van der Waals surface area contributed by atoms with Crippen molar-refractivity contribution in [3.8, 4) is 0 Å². The number of halogens is 3. The van der Waals surface area contributed by atoms with Crippen molar-refractivity contribution in [3.05, 3.63) is 17.5 Å². The molecule has 0 spiro atoms. The van der Waals surface area contributed by atoms with Crippen LogP contribution in [0.15, 0.2) is 6.07 Å². The molecule has 2 rings (SSSR count). The third-order valence-electron chi connectivity index (χ3n) is 3.60.